The Hall–Kier alpha value is -3.15. The summed E-state index contributed by atoms with van der Waals surface area (Å²) in [5, 5.41) is 10.4. The molecule has 37 heavy (non-hydrogen) atoms. The van der Waals surface area contributed by atoms with Crippen LogP contribution in [-0.2, 0) is 16.1 Å². The number of aromatic nitrogens is 2. The van der Waals surface area contributed by atoms with Crippen LogP contribution in [0.1, 0.15) is 20.8 Å². The molecule has 2 aromatic heterocycles. The van der Waals surface area contributed by atoms with Gasteiger partial charge in [0.1, 0.15) is 0 Å². The summed E-state index contributed by atoms with van der Waals surface area (Å²) in [6, 6.07) is 4.61. The molecule has 0 spiro atoms. The molecule has 4 rings (SSSR count). The van der Waals surface area contributed by atoms with E-state index >= 15 is 0 Å². The van der Waals surface area contributed by atoms with E-state index in [1.165, 1.54) is 29.7 Å². The maximum absolute atomic E-state index is 12.9. The van der Waals surface area contributed by atoms with Gasteiger partial charge in [0.05, 0.1) is 0 Å². The Bertz CT molecular complexity index is 1400. The van der Waals surface area contributed by atoms with Crippen molar-refractivity contribution < 1.29 is 27.6 Å². The summed E-state index contributed by atoms with van der Waals surface area (Å²) < 4.78 is 40.2. The Labute approximate surface area is 224 Å². The molecule has 1 aliphatic rings. The topological polar surface area (TPSA) is 116 Å². The maximum atomic E-state index is 12.9. The number of amides is 3. The third-order valence-electron chi connectivity index (χ3n) is 5.26. The van der Waals surface area contributed by atoms with Crippen molar-refractivity contribution in [1.29, 1.82) is 0 Å². The summed E-state index contributed by atoms with van der Waals surface area (Å²) in [4.78, 5) is 45.8. The van der Waals surface area contributed by atoms with Crippen LogP contribution in [0.3, 0.4) is 0 Å². The number of aryl methyl sites for hydroxylation is 1. The molecule has 194 valence electrons. The van der Waals surface area contributed by atoms with Crippen LogP contribution >= 0.6 is 22.9 Å². The third-order valence-corrected chi connectivity index (χ3v) is 10.5. The van der Waals surface area contributed by atoms with Gasteiger partial charge in [-0.3, -0.25) is 0 Å². The van der Waals surface area contributed by atoms with Crippen LogP contribution in [0.2, 0.25) is 5.02 Å². The Morgan fingerprint density at radius 3 is 2.73 bits per heavy atom. The number of thiophene rings is 1. The number of anilines is 3. The van der Waals surface area contributed by atoms with Gasteiger partial charge < -0.3 is 0 Å². The molecule has 0 bridgehead atoms. The molecule has 1 aromatic carbocycles. The Morgan fingerprint density at radius 1 is 1.27 bits per heavy atom. The molecule has 0 saturated heterocycles. The van der Waals surface area contributed by atoms with Crippen LogP contribution in [-0.4, -0.2) is 68.1 Å². The summed E-state index contributed by atoms with van der Waals surface area (Å²) in [5.74, 6) is -2.79. The van der Waals surface area contributed by atoms with Gasteiger partial charge in [-0.05, 0) is 0 Å². The second-order valence-electron chi connectivity index (χ2n) is 7.92. The molecule has 3 heterocycles. The van der Waals surface area contributed by atoms with E-state index in [1.54, 1.807) is 13.1 Å². The van der Waals surface area contributed by atoms with Crippen LogP contribution < -0.4 is 24.8 Å². The van der Waals surface area contributed by atoms with E-state index in [2.05, 4.69) is 25.9 Å². The molecule has 3 amide bonds. The molecule has 1 unspecified atom stereocenters. The molecule has 1 aliphatic heterocycles. The minimum atomic E-state index is -5.08. The van der Waals surface area contributed by atoms with Crippen LogP contribution in [0.15, 0.2) is 29.8 Å². The van der Waals surface area contributed by atoms with E-state index in [-0.39, 0.29) is 24.1 Å². The van der Waals surface area contributed by atoms with Gasteiger partial charge in [-0.2, -0.15) is 13.2 Å². The number of alkyl halides is 3. The standard InChI is InChI=1S/C22H19AsClF3N6O3S/c1-10-9-37-17(19(35)28-2)16(10)23-18-13(24)6-29-21(32-18)30-12-4-3-11-7-33(20(36)22(25,26)27)8-15(34)31-14(11)5-12/h3-6,9,23H,7-8H2,1-2H3,(H,28,35)(H,31,34)(H,29,30,32). The molecule has 0 saturated carbocycles. The predicted molar refractivity (Wildman–Crippen MR) is 136 cm³/mol. The molecular formula is C22H19AsClF3N6O3S. The van der Waals surface area contributed by atoms with E-state index in [4.69, 9.17) is 11.6 Å². The summed E-state index contributed by atoms with van der Waals surface area (Å²) in [6.45, 7) is 0.819. The quantitative estimate of drug-likeness (QED) is 0.378. The Balaban J connectivity index is 1.57. The van der Waals surface area contributed by atoms with Crippen molar-refractivity contribution >= 4 is 82.6 Å². The van der Waals surface area contributed by atoms with Gasteiger partial charge >= 0.3 is 212 Å². The van der Waals surface area contributed by atoms with Gasteiger partial charge in [-0.15, -0.1) is 0 Å². The van der Waals surface area contributed by atoms with E-state index < -0.39 is 40.3 Å². The van der Waals surface area contributed by atoms with Gasteiger partial charge in [0, 0.05) is 0 Å². The number of halogens is 4. The molecule has 3 N–H and O–H groups in total. The zero-order chi connectivity index (χ0) is 26.9. The number of nitrogens with zero attached hydrogens (tertiary/aromatic N) is 3. The average Bonchev–Trinajstić information content (AvgIpc) is 3.10. The first-order chi connectivity index (χ1) is 17.5. The first-order valence-corrected chi connectivity index (χ1v) is 14.0. The average molecular weight is 615 g/mol. The number of hydrogen-bond donors (Lipinski definition) is 3. The van der Waals surface area contributed by atoms with Crippen LogP contribution in [0.25, 0.3) is 0 Å². The van der Waals surface area contributed by atoms with Crippen molar-refractivity contribution in [3.05, 3.63) is 50.8 Å². The molecular weight excluding hydrogens is 596 g/mol. The van der Waals surface area contributed by atoms with Crippen LogP contribution in [0.4, 0.5) is 30.5 Å². The molecule has 9 nitrogen and oxygen atoms in total. The van der Waals surface area contributed by atoms with Crippen LogP contribution in [0.5, 0.6) is 0 Å². The SMILES string of the molecule is CNC(=O)c1scc(C)c1[AsH]c1nc(Nc2ccc3c(c2)NC(=O)CN(C(=O)C(F)(F)F)C3)ncc1Cl. The predicted octanol–water partition coefficient (Wildman–Crippen LogP) is 1.83. The zero-order valence-corrected chi connectivity index (χ0v) is 23.0. The number of benzene rings is 1. The zero-order valence-electron chi connectivity index (χ0n) is 19.3. The third kappa shape index (κ3) is 6.06. The molecule has 0 aliphatic carbocycles. The second-order valence-corrected chi connectivity index (χ2v) is 11.8. The van der Waals surface area contributed by atoms with Crippen molar-refractivity contribution in [1.82, 2.24) is 20.2 Å². The van der Waals surface area contributed by atoms with Gasteiger partial charge in [-0.1, -0.05) is 0 Å². The molecule has 0 radical (unpaired) electrons. The van der Waals surface area contributed by atoms with Gasteiger partial charge in [0.15, 0.2) is 0 Å². The van der Waals surface area contributed by atoms with E-state index in [0.29, 0.717) is 30.5 Å². The van der Waals surface area contributed by atoms with E-state index in [9.17, 15) is 27.6 Å². The molecule has 3 aromatic rings. The van der Waals surface area contributed by atoms with E-state index in [1.807, 2.05) is 12.3 Å². The van der Waals surface area contributed by atoms with Gasteiger partial charge in [0.25, 0.3) is 0 Å². The monoisotopic (exact) mass is 614 g/mol. The van der Waals surface area contributed by atoms with Crippen molar-refractivity contribution in [3.8, 4) is 0 Å². The molecule has 0 fully saturated rings. The summed E-state index contributed by atoms with van der Waals surface area (Å²) in [5.41, 5.74) is 2.04. The van der Waals surface area contributed by atoms with Crippen molar-refractivity contribution in [3.63, 3.8) is 0 Å². The Morgan fingerprint density at radius 2 is 2.03 bits per heavy atom. The first kappa shape index (κ1) is 26.9. The fourth-order valence-corrected chi connectivity index (χ4v) is 7.85. The summed E-state index contributed by atoms with van der Waals surface area (Å²) >= 11 is 6.61. The van der Waals surface area contributed by atoms with Crippen LogP contribution in [0, 0.1) is 6.92 Å². The minimum absolute atomic E-state index is 0.178. The number of carbonyl (C=O) groups is 3. The number of rotatable bonds is 5. The van der Waals surface area contributed by atoms with E-state index in [0.717, 1.165) is 9.91 Å². The fraction of sp³-hybridized carbons (Fsp3) is 0.227. The van der Waals surface area contributed by atoms with Crippen molar-refractivity contribution in [2.75, 3.05) is 24.2 Å². The summed E-state index contributed by atoms with van der Waals surface area (Å²) in [7, 11) is 1.57. The first-order valence-electron chi connectivity index (χ1n) is 10.6. The second kappa shape index (κ2) is 10.7. The number of carbonyl (C=O) groups excluding carboxylic acids is 3. The Kier molecular flexibility index (Phi) is 7.77. The fourth-order valence-electron chi connectivity index (χ4n) is 3.50. The number of nitrogens with one attached hydrogen (secondary N) is 3. The number of hydrogen-bond acceptors (Lipinski definition) is 7. The van der Waals surface area contributed by atoms with Gasteiger partial charge in [0.2, 0.25) is 0 Å². The molecule has 1 atom stereocenters. The van der Waals surface area contributed by atoms with Gasteiger partial charge in [-0.25, -0.2) is 0 Å². The molecule has 15 heteroatoms. The van der Waals surface area contributed by atoms with Crippen molar-refractivity contribution in [2.24, 2.45) is 0 Å². The summed E-state index contributed by atoms with van der Waals surface area (Å²) in [6.07, 6.45) is -3.63. The van der Waals surface area contributed by atoms with Crippen molar-refractivity contribution in [2.45, 2.75) is 19.6 Å². The normalized spacial score (nSPS) is 13.8. The number of fused-ring (bicyclic) bond motifs is 1.